The SMILES string of the molecule is O=C(c1cnn2c(-c3ccccc3)ccnc12)N1CCC(n2c(=O)[nH]c3ccccc32)CC1. The van der Waals surface area contributed by atoms with Gasteiger partial charge in [0, 0.05) is 30.9 Å². The molecule has 2 aromatic carbocycles. The minimum absolute atomic E-state index is 0.0596. The summed E-state index contributed by atoms with van der Waals surface area (Å²) in [6, 6.07) is 19.6. The van der Waals surface area contributed by atoms with Crippen LogP contribution in [0.3, 0.4) is 0 Å². The predicted molar refractivity (Wildman–Crippen MR) is 125 cm³/mol. The smallest absolute Gasteiger partial charge is 0.326 e. The molecular formula is C25H22N6O2. The second kappa shape index (κ2) is 7.74. The molecule has 6 rings (SSSR count). The summed E-state index contributed by atoms with van der Waals surface area (Å²) in [5.74, 6) is -0.0764. The Bertz CT molecular complexity index is 1520. The van der Waals surface area contributed by atoms with Crippen LogP contribution in [0.15, 0.2) is 77.9 Å². The van der Waals surface area contributed by atoms with Crippen molar-refractivity contribution in [2.75, 3.05) is 13.1 Å². The zero-order valence-corrected chi connectivity index (χ0v) is 17.9. The van der Waals surface area contributed by atoms with E-state index in [1.807, 2.05) is 70.1 Å². The van der Waals surface area contributed by atoms with Gasteiger partial charge < -0.3 is 9.88 Å². The number of nitrogens with zero attached hydrogens (tertiary/aromatic N) is 5. The number of hydrogen-bond donors (Lipinski definition) is 1. The van der Waals surface area contributed by atoms with Crippen LogP contribution in [0.1, 0.15) is 29.2 Å². The van der Waals surface area contributed by atoms with E-state index in [4.69, 9.17) is 0 Å². The number of hydrogen-bond acceptors (Lipinski definition) is 4. The number of rotatable bonds is 3. The van der Waals surface area contributed by atoms with Crippen LogP contribution in [0.25, 0.3) is 27.9 Å². The molecule has 1 saturated heterocycles. The van der Waals surface area contributed by atoms with Crippen molar-refractivity contribution in [1.29, 1.82) is 0 Å². The van der Waals surface area contributed by atoms with Crippen molar-refractivity contribution in [1.82, 2.24) is 29.0 Å². The predicted octanol–water partition coefficient (Wildman–Crippen LogP) is 3.52. The van der Waals surface area contributed by atoms with Crippen molar-refractivity contribution < 1.29 is 4.79 Å². The fourth-order valence-corrected chi connectivity index (χ4v) is 4.80. The summed E-state index contributed by atoms with van der Waals surface area (Å²) >= 11 is 0. The lowest BCUT2D eigenvalue weighted by Crippen LogP contribution is -2.40. The van der Waals surface area contributed by atoms with Gasteiger partial charge in [-0.15, -0.1) is 0 Å². The van der Waals surface area contributed by atoms with Gasteiger partial charge in [-0.1, -0.05) is 42.5 Å². The Morgan fingerprint density at radius 2 is 1.73 bits per heavy atom. The third kappa shape index (κ3) is 3.22. The molecule has 0 aliphatic carbocycles. The highest BCUT2D eigenvalue weighted by Crippen LogP contribution is 2.27. The maximum Gasteiger partial charge on any atom is 0.326 e. The molecule has 8 heteroatoms. The Morgan fingerprint density at radius 1 is 0.970 bits per heavy atom. The molecule has 0 unspecified atom stereocenters. The van der Waals surface area contributed by atoms with E-state index < -0.39 is 0 Å². The largest absolute Gasteiger partial charge is 0.338 e. The molecule has 5 aromatic rings. The van der Waals surface area contributed by atoms with Crippen LogP contribution in [0, 0.1) is 0 Å². The third-order valence-corrected chi connectivity index (χ3v) is 6.44. The summed E-state index contributed by atoms with van der Waals surface area (Å²) in [6.45, 7) is 1.15. The molecule has 1 aliphatic heterocycles. The summed E-state index contributed by atoms with van der Waals surface area (Å²) in [7, 11) is 0. The van der Waals surface area contributed by atoms with Gasteiger partial charge in [0.2, 0.25) is 0 Å². The lowest BCUT2D eigenvalue weighted by Gasteiger charge is -2.32. The van der Waals surface area contributed by atoms with Crippen LogP contribution in [0.2, 0.25) is 0 Å². The zero-order valence-electron chi connectivity index (χ0n) is 17.9. The number of carbonyl (C=O) groups excluding carboxylic acids is 1. The second-order valence-electron chi connectivity index (χ2n) is 8.33. The molecule has 1 fully saturated rings. The number of carbonyl (C=O) groups is 1. The highest BCUT2D eigenvalue weighted by atomic mass is 16.2. The van der Waals surface area contributed by atoms with Crippen molar-refractivity contribution in [2.24, 2.45) is 0 Å². The molecule has 0 saturated carbocycles. The minimum Gasteiger partial charge on any atom is -0.338 e. The van der Waals surface area contributed by atoms with Crippen LogP contribution in [0.4, 0.5) is 0 Å². The number of aromatic amines is 1. The van der Waals surface area contributed by atoms with Gasteiger partial charge in [-0.3, -0.25) is 9.36 Å². The van der Waals surface area contributed by atoms with Crippen molar-refractivity contribution in [3.8, 4) is 11.3 Å². The molecule has 4 heterocycles. The Balaban J connectivity index is 1.25. The van der Waals surface area contributed by atoms with E-state index in [1.165, 1.54) is 0 Å². The van der Waals surface area contributed by atoms with Crippen LogP contribution in [-0.4, -0.2) is 48.0 Å². The van der Waals surface area contributed by atoms with E-state index in [0.29, 0.717) is 24.3 Å². The highest BCUT2D eigenvalue weighted by Gasteiger charge is 2.28. The van der Waals surface area contributed by atoms with Gasteiger partial charge in [-0.2, -0.15) is 5.10 Å². The maximum absolute atomic E-state index is 13.4. The number of H-pyrrole nitrogens is 1. The standard InChI is InChI=1S/C25H22N6O2/c32-24(19-16-27-31-21(10-13-26-23(19)31)17-6-2-1-3-7-17)29-14-11-18(12-15-29)30-22-9-5-4-8-20(22)28-25(30)33/h1-10,13,16,18H,11-12,14-15H2,(H,28,33). The number of para-hydroxylation sites is 2. The molecule has 0 radical (unpaired) electrons. The number of fused-ring (bicyclic) bond motifs is 2. The van der Waals surface area contributed by atoms with Crippen molar-refractivity contribution in [2.45, 2.75) is 18.9 Å². The highest BCUT2D eigenvalue weighted by molar-refractivity contribution is 6.00. The van der Waals surface area contributed by atoms with Crippen molar-refractivity contribution in [3.63, 3.8) is 0 Å². The average molecular weight is 438 g/mol. The molecular weight excluding hydrogens is 416 g/mol. The van der Waals surface area contributed by atoms with Crippen LogP contribution in [-0.2, 0) is 0 Å². The molecule has 0 bridgehead atoms. The molecule has 33 heavy (non-hydrogen) atoms. The van der Waals surface area contributed by atoms with Crippen LogP contribution < -0.4 is 5.69 Å². The summed E-state index contributed by atoms with van der Waals surface area (Å²) in [4.78, 5) is 35.1. The average Bonchev–Trinajstić information content (AvgIpc) is 3.44. The Kier molecular flexibility index (Phi) is 4.57. The van der Waals surface area contributed by atoms with E-state index in [2.05, 4.69) is 15.1 Å². The lowest BCUT2D eigenvalue weighted by atomic mass is 10.0. The molecule has 1 N–H and O–H groups in total. The topological polar surface area (TPSA) is 88.3 Å². The molecule has 164 valence electrons. The van der Waals surface area contributed by atoms with Crippen LogP contribution >= 0.6 is 0 Å². The second-order valence-corrected chi connectivity index (χ2v) is 8.33. The number of likely N-dealkylation sites (tertiary alicyclic amines) is 1. The molecule has 1 aliphatic rings. The molecule has 0 atom stereocenters. The Hall–Kier alpha value is -4.20. The van der Waals surface area contributed by atoms with Gasteiger partial charge in [0.05, 0.1) is 22.9 Å². The number of imidazole rings is 1. The van der Waals surface area contributed by atoms with Gasteiger partial charge >= 0.3 is 5.69 Å². The minimum atomic E-state index is -0.0961. The summed E-state index contributed by atoms with van der Waals surface area (Å²) in [6.07, 6.45) is 4.75. The first-order chi connectivity index (χ1) is 16.2. The molecule has 1 amide bonds. The zero-order chi connectivity index (χ0) is 22.4. The maximum atomic E-state index is 13.4. The van der Waals surface area contributed by atoms with E-state index in [9.17, 15) is 9.59 Å². The van der Waals surface area contributed by atoms with Crippen molar-refractivity contribution in [3.05, 3.63) is 89.1 Å². The number of benzene rings is 2. The third-order valence-electron chi connectivity index (χ3n) is 6.44. The quantitative estimate of drug-likeness (QED) is 0.467. The van der Waals surface area contributed by atoms with Gasteiger partial charge in [0.15, 0.2) is 5.65 Å². The first kappa shape index (κ1) is 19.5. The fourth-order valence-electron chi connectivity index (χ4n) is 4.80. The van der Waals surface area contributed by atoms with Gasteiger partial charge in [-0.05, 0) is 31.0 Å². The molecule has 3 aromatic heterocycles. The summed E-state index contributed by atoms with van der Waals surface area (Å²) < 4.78 is 3.56. The fraction of sp³-hybridized carbons (Fsp3) is 0.200. The normalized spacial score (nSPS) is 14.8. The molecule has 0 spiro atoms. The first-order valence-corrected chi connectivity index (χ1v) is 11.1. The number of aromatic nitrogens is 5. The van der Waals surface area contributed by atoms with Gasteiger partial charge in [0.25, 0.3) is 5.91 Å². The lowest BCUT2D eigenvalue weighted by molar-refractivity contribution is 0.0696. The Labute approximate surface area is 189 Å². The van der Waals surface area contributed by atoms with E-state index in [0.717, 1.165) is 35.1 Å². The Morgan fingerprint density at radius 3 is 2.55 bits per heavy atom. The van der Waals surface area contributed by atoms with Crippen molar-refractivity contribution >= 4 is 22.6 Å². The number of amides is 1. The van der Waals surface area contributed by atoms with Gasteiger partial charge in [-0.25, -0.2) is 14.3 Å². The van der Waals surface area contributed by atoms with E-state index in [-0.39, 0.29) is 17.6 Å². The number of nitrogens with one attached hydrogen (secondary N) is 1. The van der Waals surface area contributed by atoms with Crippen LogP contribution in [0.5, 0.6) is 0 Å². The van der Waals surface area contributed by atoms with Gasteiger partial charge in [0.1, 0.15) is 5.56 Å². The number of piperidine rings is 1. The van der Waals surface area contributed by atoms with E-state index >= 15 is 0 Å². The molecule has 8 nitrogen and oxygen atoms in total. The first-order valence-electron chi connectivity index (χ1n) is 11.1. The monoisotopic (exact) mass is 438 g/mol. The summed E-state index contributed by atoms with van der Waals surface area (Å²) in [5.41, 5.74) is 4.60. The van der Waals surface area contributed by atoms with E-state index in [1.54, 1.807) is 16.9 Å². The summed E-state index contributed by atoms with van der Waals surface area (Å²) in [5, 5.41) is 4.47.